The minimum Gasteiger partial charge on any atom is -0.342 e. The lowest BCUT2D eigenvalue weighted by atomic mass is 10.0. The third-order valence-electron chi connectivity index (χ3n) is 4.21. The van der Waals surface area contributed by atoms with Gasteiger partial charge in [0.05, 0.1) is 18.3 Å². The SMILES string of the molecule is O=CON1CC(CN2CCNCC2c2ccccn2)CC1=O. The van der Waals surface area contributed by atoms with Crippen LogP contribution in [0, 0.1) is 5.92 Å². The number of nitrogens with zero attached hydrogens (tertiary/aromatic N) is 3. The van der Waals surface area contributed by atoms with Crippen molar-refractivity contribution in [3.05, 3.63) is 30.1 Å². The molecule has 2 aliphatic heterocycles. The third-order valence-corrected chi connectivity index (χ3v) is 4.21. The molecular formula is C15H20N4O3. The second-order valence-corrected chi connectivity index (χ2v) is 5.70. The summed E-state index contributed by atoms with van der Waals surface area (Å²) in [4.78, 5) is 33.7. The first-order chi connectivity index (χ1) is 10.8. The van der Waals surface area contributed by atoms with E-state index in [1.54, 1.807) is 6.20 Å². The number of rotatable bonds is 5. The molecule has 2 atom stereocenters. The number of carbonyl (C=O) groups excluding carboxylic acids is 2. The highest BCUT2D eigenvalue weighted by Gasteiger charge is 2.35. The zero-order chi connectivity index (χ0) is 15.4. The third kappa shape index (κ3) is 3.26. The molecule has 1 aromatic heterocycles. The molecule has 1 amide bonds. The van der Waals surface area contributed by atoms with Gasteiger partial charge in [0.1, 0.15) is 0 Å². The van der Waals surface area contributed by atoms with Gasteiger partial charge in [-0.15, -0.1) is 0 Å². The van der Waals surface area contributed by atoms with Crippen molar-refractivity contribution in [2.45, 2.75) is 12.5 Å². The fraction of sp³-hybridized carbons (Fsp3) is 0.533. The molecule has 1 aromatic rings. The van der Waals surface area contributed by atoms with Crippen LogP contribution in [0.4, 0.5) is 0 Å². The van der Waals surface area contributed by atoms with Crippen LogP contribution >= 0.6 is 0 Å². The molecule has 0 saturated carbocycles. The highest BCUT2D eigenvalue weighted by molar-refractivity contribution is 5.78. The summed E-state index contributed by atoms with van der Waals surface area (Å²) in [5, 5.41) is 4.56. The number of nitrogens with one attached hydrogen (secondary N) is 1. The number of pyridine rings is 1. The van der Waals surface area contributed by atoms with Gasteiger partial charge in [-0.2, -0.15) is 5.06 Å². The first kappa shape index (κ1) is 14.9. The topological polar surface area (TPSA) is 74.8 Å². The van der Waals surface area contributed by atoms with Crippen molar-refractivity contribution >= 4 is 12.4 Å². The molecule has 3 heterocycles. The zero-order valence-electron chi connectivity index (χ0n) is 12.4. The maximum absolute atomic E-state index is 11.8. The van der Waals surface area contributed by atoms with Crippen LogP contribution in [0.5, 0.6) is 0 Å². The van der Waals surface area contributed by atoms with Gasteiger partial charge in [0.25, 0.3) is 5.91 Å². The summed E-state index contributed by atoms with van der Waals surface area (Å²) in [5.41, 5.74) is 1.04. The van der Waals surface area contributed by atoms with E-state index in [2.05, 4.69) is 15.2 Å². The van der Waals surface area contributed by atoms with E-state index in [4.69, 9.17) is 4.84 Å². The van der Waals surface area contributed by atoms with E-state index in [1.165, 1.54) is 0 Å². The Morgan fingerprint density at radius 3 is 3.14 bits per heavy atom. The van der Waals surface area contributed by atoms with E-state index in [-0.39, 0.29) is 17.9 Å². The van der Waals surface area contributed by atoms with Crippen LogP contribution in [0.15, 0.2) is 24.4 Å². The van der Waals surface area contributed by atoms with Crippen LogP contribution in [0.1, 0.15) is 18.2 Å². The zero-order valence-corrected chi connectivity index (χ0v) is 12.4. The van der Waals surface area contributed by atoms with Crippen LogP contribution in [0.25, 0.3) is 0 Å². The molecule has 118 valence electrons. The highest BCUT2D eigenvalue weighted by Crippen LogP contribution is 2.25. The predicted molar refractivity (Wildman–Crippen MR) is 78.4 cm³/mol. The maximum Gasteiger partial charge on any atom is 0.320 e. The summed E-state index contributed by atoms with van der Waals surface area (Å²) in [6, 6.07) is 6.15. The van der Waals surface area contributed by atoms with E-state index >= 15 is 0 Å². The number of aromatic nitrogens is 1. The van der Waals surface area contributed by atoms with E-state index in [0.717, 1.165) is 36.9 Å². The predicted octanol–water partition coefficient (Wildman–Crippen LogP) is -0.0356. The second-order valence-electron chi connectivity index (χ2n) is 5.70. The Labute approximate surface area is 129 Å². The molecular weight excluding hydrogens is 284 g/mol. The van der Waals surface area contributed by atoms with Gasteiger partial charge >= 0.3 is 6.47 Å². The number of amides is 1. The van der Waals surface area contributed by atoms with Gasteiger partial charge in [0, 0.05) is 44.7 Å². The number of carbonyl (C=O) groups is 2. The number of hydrogen-bond donors (Lipinski definition) is 1. The molecule has 22 heavy (non-hydrogen) atoms. The van der Waals surface area contributed by atoms with Crippen molar-refractivity contribution in [2.75, 3.05) is 32.7 Å². The van der Waals surface area contributed by atoms with E-state index in [0.29, 0.717) is 19.4 Å². The lowest BCUT2D eigenvalue weighted by Crippen LogP contribution is -2.48. The van der Waals surface area contributed by atoms with Gasteiger partial charge in [-0.1, -0.05) is 6.07 Å². The molecule has 7 nitrogen and oxygen atoms in total. The molecule has 0 spiro atoms. The first-order valence-corrected chi connectivity index (χ1v) is 7.54. The van der Waals surface area contributed by atoms with Crippen molar-refractivity contribution in [1.82, 2.24) is 20.3 Å². The monoisotopic (exact) mass is 304 g/mol. The van der Waals surface area contributed by atoms with Gasteiger partial charge in [-0.3, -0.25) is 19.5 Å². The smallest absolute Gasteiger partial charge is 0.320 e. The standard InChI is InChI=1S/C15H20N4O3/c20-11-22-19-10-12(7-15(19)21)9-18-6-5-16-8-14(18)13-3-1-2-4-17-13/h1-4,11-12,14,16H,5-10H2. The first-order valence-electron chi connectivity index (χ1n) is 7.54. The van der Waals surface area contributed by atoms with Gasteiger partial charge in [0.15, 0.2) is 0 Å². The summed E-state index contributed by atoms with van der Waals surface area (Å²) < 4.78 is 0. The molecule has 3 rings (SSSR count). The molecule has 0 radical (unpaired) electrons. The number of hydrogen-bond acceptors (Lipinski definition) is 6. The van der Waals surface area contributed by atoms with Crippen LogP contribution in [-0.4, -0.2) is 60.1 Å². The molecule has 2 saturated heterocycles. The quantitative estimate of drug-likeness (QED) is 0.770. The normalized spacial score (nSPS) is 26.2. The molecule has 0 aliphatic carbocycles. The molecule has 0 bridgehead atoms. The summed E-state index contributed by atoms with van der Waals surface area (Å²) in [6.07, 6.45) is 2.23. The Bertz CT molecular complexity index is 525. The van der Waals surface area contributed by atoms with Gasteiger partial charge in [-0.05, 0) is 12.1 Å². The summed E-state index contributed by atoms with van der Waals surface area (Å²) in [5.74, 6) is 0.0541. The van der Waals surface area contributed by atoms with Crippen molar-refractivity contribution < 1.29 is 14.4 Å². The van der Waals surface area contributed by atoms with Crippen molar-refractivity contribution in [3.63, 3.8) is 0 Å². The maximum atomic E-state index is 11.8. The summed E-state index contributed by atoms with van der Waals surface area (Å²) in [7, 11) is 0. The van der Waals surface area contributed by atoms with Crippen LogP contribution in [0.2, 0.25) is 0 Å². The molecule has 2 unspecified atom stereocenters. The summed E-state index contributed by atoms with van der Waals surface area (Å²) in [6.45, 7) is 4.27. The van der Waals surface area contributed by atoms with E-state index in [1.807, 2.05) is 18.2 Å². The van der Waals surface area contributed by atoms with Gasteiger partial charge in [0.2, 0.25) is 0 Å². The number of piperazine rings is 1. The average molecular weight is 304 g/mol. The molecule has 7 heteroatoms. The van der Waals surface area contributed by atoms with E-state index in [9.17, 15) is 9.59 Å². The Morgan fingerprint density at radius 1 is 1.45 bits per heavy atom. The average Bonchev–Trinajstić information content (AvgIpc) is 2.89. The van der Waals surface area contributed by atoms with Crippen molar-refractivity contribution in [1.29, 1.82) is 0 Å². The lowest BCUT2D eigenvalue weighted by Gasteiger charge is -2.37. The fourth-order valence-corrected chi connectivity index (χ4v) is 3.19. The van der Waals surface area contributed by atoms with Crippen LogP contribution in [0.3, 0.4) is 0 Å². The number of hydroxylamine groups is 2. The van der Waals surface area contributed by atoms with Crippen molar-refractivity contribution in [2.24, 2.45) is 5.92 Å². The highest BCUT2D eigenvalue weighted by atomic mass is 16.7. The molecule has 1 N–H and O–H groups in total. The van der Waals surface area contributed by atoms with Crippen molar-refractivity contribution in [3.8, 4) is 0 Å². The molecule has 0 aromatic carbocycles. The second kappa shape index (κ2) is 6.85. The minimum atomic E-state index is -0.123. The lowest BCUT2D eigenvalue weighted by molar-refractivity contribution is -0.181. The van der Waals surface area contributed by atoms with E-state index < -0.39 is 0 Å². The fourth-order valence-electron chi connectivity index (χ4n) is 3.19. The Morgan fingerprint density at radius 2 is 2.36 bits per heavy atom. The Balaban J connectivity index is 1.65. The van der Waals surface area contributed by atoms with Crippen LogP contribution < -0.4 is 5.32 Å². The Kier molecular flexibility index (Phi) is 4.65. The summed E-state index contributed by atoms with van der Waals surface area (Å²) >= 11 is 0. The largest absolute Gasteiger partial charge is 0.342 e. The van der Waals surface area contributed by atoms with Crippen LogP contribution in [-0.2, 0) is 14.4 Å². The molecule has 2 fully saturated rings. The minimum absolute atomic E-state index is 0.123. The van der Waals surface area contributed by atoms with Gasteiger partial charge in [-0.25, -0.2) is 0 Å². The molecule has 2 aliphatic rings. The Hall–Kier alpha value is -1.99. The van der Waals surface area contributed by atoms with Gasteiger partial charge < -0.3 is 10.2 Å².